The van der Waals surface area contributed by atoms with Crippen LogP contribution in [0.2, 0.25) is 0 Å². The third-order valence-corrected chi connectivity index (χ3v) is 5.41. The highest BCUT2D eigenvalue weighted by Gasteiger charge is 2.28. The quantitative estimate of drug-likeness (QED) is 0.730. The van der Waals surface area contributed by atoms with Gasteiger partial charge in [-0.1, -0.05) is 23.4 Å². The van der Waals surface area contributed by atoms with E-state index >= 15 is 0 Å². The first-order chi connectivity index (χ1) is 13.5. The summed E-state index contributed by atoms with van der Waals surface area (Å²) in [6.07, 6.45) is 6.49. The fourth-order valence-corrected chi connectivity index (χ4v) is 3.67. The van der Waals surface area contributed by atoms with Gasteiger partial charge in [0.15, 0.2) is 5.82 Å². The minimum atomic E-state index is 0.0751. The Morgan fingerprint density at radius 1 is 1.32 bits per heavy atom. The molecule has 1 N–H and O–H groups in total. The average molecular weight is 379 g/mol. The van der Waals surface area contributed by atoms with Gasteiger partial charge in [0.1, 0.15) is 5.76 Å². The number of benzene rings is 1. The minimum absolute atomic E-state index is 0.0751. The second-order valence-electron chi connectivity index (χ2n) is 7.45. The molecule has 0 bridgehead atoms. The second kappa shape index (κ2) is 7.50. The highest BCUT2D eigenvalue weighted by atomic mass is 16.5. The summed E-state index contributed by atoms with van der Waals surface area (Å²) in [5, 5.41) is 7.65. The molecule has 1 aliphatic rings. The summed E-state index contributed by atoms with van der Waals surface area (Å²) in [6.45, 7) is 7.33. The molecule has 146 valence electrons. The number of hydrogen-bond acceptors (Lipinski definition) is 5. The van der Waals surface area contributed by atoms with E-state index in [0.717, 1.165) is 28.1 Å². The SMILES string of the molecule is Cc1cccc(C)c1Nc1noc2c1CN(C(=O)CC(C)n1ccnc1)CC2. The van der Waals surface area contributed by atoms with E-state index in [1.165, 1.54) is 0 Å². The smallest absolute Gasteiger partial charge is 0.224 e. The van der Waals surface area contributed by atoms with Crippen LogP contribution in [0.3, 0.4) is 0 Å². The number of anilines is 2. The van der Waals surface area contributed by atoms with Crippen molar-refractivity contribution in [2.24, 2.45) is 0 Å². The molecule has 0 spiro atoms. The van der Waals surface area contributed by atoms with E-state index in [2.05, 4.69) is 41.4 Å². The molecule has 0 saturated carbocycles. The van der Waals surface area contributed by atoms with Crippen molar-refractivity contribution in [3.63, 3.8) is 0 Å². The molecular weight excluding hydrogens is 354 g/mol. The van der Waals surface area contributed by atoms with E-state index in [0.29, 0.717) is 31.7 Å². The lowest BCUT2D eigenvalue weighted by atomic mass is 10.1. The van der Waals surface area contributed by atoms with Crippen molar-refractivity contribution in [2.45, 2.75) is 46.2 Å². The Morgan fingerprint density at radius 2 is 2.11 bits per heavy atom. The Balaban J connectivity index is 1.49. The summed E-state index contributed by atoms with van der Waals surface area (Å²) in [7, 11) is 0. The largest absolute Gasteiger partial charge is 0.359 e. The predicted molar refractivity (Wildman–Crippen MR) is 106 cm³/mol. The molecule has 0 aliphatic carbocycles. The number of carbonyl (C=O) groups excluding carboxylic acids is 1. The lowest BCUT2D eigenvalue weighted by Crippen LogP contribution is -2.36. The molecule has 1 aliphatic heterocycles. The molecule has 0 radical (unpaired) electrons. The van der Waals surface area contributed by atoms with Crippen LogP contribution >= 0.6 is 0 Å². The summed E-state index contributed by atoms with van der Waals surface area (Å²) in [4.78, 5) is 18.8. The number of rotatable bonds is 5. The molecule has 3 heterocycles. The van der Waals surface area contributed by atoms with Crippen molar-refractivity contribution in [2.75, 3.05) is 11.9 Å². The van der Waals surface area contributed by atoms with Gasteiger partial charge in [0.25, 0.3) is 0 Å². The molecule has 1 atom stereocenters. The first-order valence-electron chi connectivity index (χ1n) is 9.59. The molecule has 28 heavy (non-hydrogen) atoms. The monoisotopic (exact) mass is 379 g/mol. The standard InChI is InChI=1S/C21H25N5O2/c1-14-5-4-6-15(2)20(14)23-21-17-12-25(9-7-18(17)28-24-21)19(27)11-16(3)26-10-8-22-13-26/h4-6,8,10,13,16H,7,9,11-12H2,1-3H3,(H,23,24). The van der Waals surface area contributed by atoms with Crippen molar-refractivity contribution in [1.82, 2.24) is 19.6 Å². The second-order valence-corrected chi connectivity index (χ2v) is 7.45. The zero-order chi connectivity index (χ0) is 19.7. The van der Waals surface area contributed by atoms with E-state index in [9.17, 15) is 4.79 Å². The molecule has 1 amide bonds. The third kappa shape index (κ3) is 3.52. The third-order valence-electron chi connectivity index (χ3n) is 5.41. The van der Waals surface area contributed by atoms with Gasteiger partial charge in [-0.05, 0) is 31.9 Å². The summed E-state index contributed by atoms with van der Waals surface area (Å²) >= 11 is 0. The van der Waals surface area contributed by atoms with Crippen LogP contribution in [0.15, 0.2) is 41.4 Å². The molecule has 7 nitrogen and oxygen atoms in total. The molecule has 3 aromatic rings. The minimum Gasteiger partial charge on any atom is -0.359 e. The first kappa shape index (κ1) is 18.3. The number of aromatic nitrogens is 3. The molecule has 7 heteroatoms. The average Bonchev–Trinajstić information content (AvgIpc) is 3.34. The fraction of sp³-hybridized carbons (Fsp3) is 0.381. The number of nitrogens with one attached hydrogen (secondary N) is 1. The Bertz CT molecular complexity index is 957. The van der Waals surface area contributed by atoms with E-state index in [4.69, 9.17) is 4.52 Å². The van der Waals surface area contributed by atoms with Crippen molar-refractivity contribution >= 4 is 17.4 Å². The Kier molecular flexibility index (Phi) is 4.90. The first-order valence-corrected chi connectivity index (χ1v) is 9.59. The van der Waals surface area contributed by atoms with Gasteiger partial charge in [0, 0.05) is 43.5 Å². The van der Waals surface area contributed by atoms with Crippen LogP contribution in [0.4, 0.5) is 11.5 Å². The van der Waals surface area contributed by atoms with Gasteiger partial charge in [0.05, 0.1) is 18.4 Å². The molecule has 0 saturated heterocycles. The summed E-state index contributed by atoms with van der Waals surface area (Å²) in [5.41, 5.74) is 4.30. The molecular formula is C21H25N5O2. The summed E-state index contributed by atoms with van der Waals surface area (Å²) in [6, 6.07) is 6.24. The maximum atomic E-state index is 12.8. The molecule has 1 unspecified atom stereocenters. The zero-order valence-corrected chi connectivity index (χ0v) is 16.5. The van der Waals surface area contributed by atoms with Crippen LogP contribution in [0.1, 0.15) is 41.8 Å². The van der Waals surface area contributed by atoms with E-state index < -0.39 is 0 Å². The van der Waals surface area contributed by atoms with Crippen LogP contribution in [0, 0.1) is 13.8 Å². The Hall–Kier alpha value is -3.09. The Labute approximate surface area is 164 Å². The number of nitrogens with zero attached hydrogens (tertiary/aromatic N) is 4. The molecule has 4 rings (SSSR count). The van der Waals surface area contributed by atoms with Crippen molar-refractivity contribution in [3.05, 3.63) is 59.4 Å². The molecule has 1 aromatic carbocycles. The number of aryl methyl sites for hydroxylation is 2. The van der Waals surface area contributed by atoms with Gasteiger partial charge in [-0.15, -0.1) is 0 Å². The number of imidazole rings is 1. The van der Waals surface area contributed by atoms with Crippen LogP contribution in [-0.2, 0) is 17.8 Å². The number of para-hydroxylation sites is 1. The topological polar surface area (TPSA) is 76.2 Å². The number of hydrogen-bond donors (Lipinski definition) is 1. The van der Waals surface area contributed by atoms with Gasteiger partial charge >= 0.3 is 0 Å². The number of fused-ring (bicyclic) bond motifs is 1. The lowest BCUT2D eigenvalue weighted by Gasteiger charge is -2.27. The van der Waals surface area contributed by atoms with E-state index in [1.807, 2.05) is 28.7 Å². The van der Waals surface area contributed by atoms with Crippen molar-refractivity contribution in [3.8, 4) is 0 Å². The normalized spacial score (nSPS) is 14.6. The van der Waals surface area contributed by atoms with Crippen molar-refractivity contribution in [1.29, 1.82) is 0 Å². The summed E-state index contributed by atoms with van der Waals surface area (Å²) < 4.78 is 7.50. The van der Waals surface area contributed by atoms with E-state index in [-0.39, 0.29) is 11.9 Å². The van der Waals surface area contributed by atoms with Crippen molar-refractivity contribution < 1.29 is 9.32 Å². The van der Waals surface area contributed by atoms with Gasteiger partial charge in [-0.3, -0.25) is 4.79 Å². The Morgan fingerprint density at radius 3 is 2.82 bits per heavy atom. The maximum absolute atomic E-state index is 12.8. The zero-order valence-electron chi connectivity index (χ0n) is 16.5. The van der Waals surface area contributed by atoms with E-state index in [1.54, 1.807) is 12.5 Å². The fourth-order valence-electron chi connectivity index (χ4n) is 3.67. The predicted octanol–water partition coefficient (Wildman–Crippen LogP) is 3.77. The summed E-state index contributed by atoms with van der Waals surface area (Å²) in [5.74, 6) is 1.69. The number of carbonyl (C=O) groups is 1. The lowest BCUT2D eigenvalue weighted by molar-refractivity contribution is -0.132. The van der Waals surface area contributed by atoms with Gasteiger partial charge in [-0.25, -0.2) is 4.98 Å². The van der Waals surface area contributed by atoms with Gasteiger partial charge in [-0.2, -0.15) is 0 Å². The van der Waals surface area contributed by atoms with Crippen LogP contribution in [-0.4, -0.2) is 32.1 Å². The van der Waals surface area contributed by atoms with Crippen LogP contribution in [0.5, 0.6) is 0 Å². The van der Waals surface area contributed by atoms with Gasteiger partial charge < -0.3 is 19.3 Å². The number of amides is 1. The molecule has 2 aromatic heterocycles. The van der Waals surface area contributed by atoms with Crippen LogP contribution in [0.25, 0.3) is 0 Å². The molecule has 0 fully saturated rings. The van der Waals surface area contributed by atoms with Gasteiger partial charge in [0.2, 0.25) is 5.91 Å². The highest BCUT2D eigenvalue weighted by Crippen LogP contribution is 2.31. The van der Waals surface area contributed by atoms with Crippen LogP contribution < -0.4 is 5.32 Å². The maximum Gasteiger partial charge on any atom is 0.224 e. The highest BCUT2D eigenvalue weighted by molar-refractivity contribution is 5.77.